The molecular weight excluding hydrogens is 284 g/mol. The van der Waals surface area contributed by atoms with E-state index in [9.17, 15) is 0 Å². The van der Waals surface area contributed by atoms with Gasteiger partial charge in [0.05, 0.1) is 11.3 Å². The number of aromatic nitrogens is 3. The summed E-state index contributed by atoms with van der Waals surface area (Å²) in [7, 11) is 0. The molecule has 4 rings (SSSR count). The summed E-state index contributed by atoms with van der Waals surface area (Å²) in [5, 5.41) is 8.27. The number of anilines is 1. The summed E-state index contributed by atoms with van der Waals surface area (Å²) in [6.07, 6.45) is 1.03. The van der Waals surface area contributed by atoms with Crippen LogP contribution in [0.1, 0.15) is 33.6 Å². The van der Waals surface area contributed by atoms with E-state index in [0.29, 0.717) is 0 Å². The third kappa shape index (κ3) is 1.97. The second-order valence-corrected chi connectivity index (χ2v) is 6.67. The van der Waals surface area contributed by atoms with Crippen LogP contribution < -0.4 is 5.32 Å². The minimum atomic E-state index is 0.961. The molecule has 1 aliphatic heterocycles. The fraction of sp³-hybridized carbons (Fsp3) is 0.368. The molecule has 3 heterocycles. The van der Waals surface area contributed by atoms with Gasteiger partial charge in [0.1, 0.15) is 5.82 Å². The summed E-state index contributed by atoms with van der Waals surface area (Å²) in [4.78, 5) is 4.91. The Labute approximate surface area is 136 Å². The van der Waals surface area contributed by atoms with Crippen LogP contribution in [-0.2, 0) is 6.42 Å². The van der Waals surface area contributed by atoms with E-state index >= 15 is 0 Å². The lowest BCUT2D eigenvalue weighted by atomic mass is 9.94. The van der Waals surface area contributed by atoms with E-state index in [1.165, 1.54) is 33.4 Å². The molecule has 0 unspecified atom stereocenters. The predicted molar refractivity (Wildman–Crippen MR) is 94.3 cm³/mol. The van der Waals surface area contributed by atoms with Gasteiger partial charge in [0.15, 0.2) is 5.65 Å². The fourth-order valence-electron chi connectivity index (χ4n) is 3.95. The molecule has 3 aromatic rings. The maximum absolute atomic E-state index is 4.91. The molecule has 0 radical (unpaired) electrons. The zero-order valence-corrected chi connectivity index (χ0v) is 14.4. The van der Waals surface area contributed by atoms with Gasteiger partial charge in [-0.2, -0.15) is 9.61 Å². The summed E-state index contributed by atoms with van der Waals surface area (Å²) >= 11 is 0. The number of hydrogen-bond donors (Lipinski definition) is 1. The van der Waals surface area contributed by atoms with E-state index in [1.54, 1.807) is 0 Å². The third-order valence-electron chi connectivity index (χ3n) is 4.84. The molecule has 0 saturated heterocycles. The van der Waals surface area contributed by atoms with Crippen LogP contribution in [0.15, 0.2) is 12.1 Å². The highest BCUT2D eigenvalue weighted by Crippen LogP contribution is 2.36. The monoisotopic (exact) mass is 306 g/mol. The van der Waals surface area contributed by atoms with Gasteiger partial charge in [-0.15, -0.1) is 0 Å². The minimum absolute atomic E-state index is 0.961. The molecule has 0 spiro atoms. The van der Waals surface area contributed by atoms with E-state index in [2.05, 4.69) is 52.1 Å². The Morgan fingerprint density at radius 2 is 1.65 bits per heavy atom. The van der Waals surface area contributed by atoms with Crippen molar-refractivity contribution in [3.8, 4) is 11.1 Å². The summed E-state index contributed by atoms with van der Waals surface area (Å²) < 4.78 is 2.00. The van der Waals surface area contributed by atoms with Gasteiger partial charge in [-0.3, -0.25) is 0 Å². The summed E-state index contributed by atoms with van der Waals surface area (Å²) in [5.41, 5.74) is 10.7. The molecule has 4 nitrogen and oxygen atoms in total. The lowest BCUT2D eigenvalue weighted by Gasteiger charge is -2.12. The Hall–Kier alpha value is -2.36. The van der Waals surface area contributed by atoms with Gasteiger partial charge in [-0.25, -0.2) is 4.98 Å². The number of nitrogens with zero attached hydrogens (tertiary/aromatic N) is 3. The first-order valence-corrected chi connectivity index (χ1v) is 8.18. The number of benzene rings is 1. The van der Waals surface area contributed by atoms with Gasteiger partial charge in [0.25, 0.3) is 0 Å². The van der Waals surface area contributed by atoms with Crippen molar-refractivity contribution in [1.82, 2.24) is 14.6 Å². The highest BCUT2D eigenvalue weighted by Gasteiger charge is 2.23. The molecule has 1 aromatic carbocycles. The topological polar surface area (TPSA) is 42.2 Å². The molecule has 1 N–H and O–H groups in total. The molecule has 0 fully saturated rings. The number of aryl methyl sites for hydroxylation is 5. The Kier molecular flexibility index (Phi) is 2.98. The molecule has 0 amide bonds. The molecule has 2 aromatic heterocycles. The van der Waals surface area contributed by atoms with Crippen molar-refractivity contribution in [2.45, 2.75) is 41.0 Å². The Balaban J connectivity index is 2.10. The Bertz CT molecular complexity index is 927. The summed E-state index contributed by atoms with van der Waals surface area (Å²) in [5.74, 6) is 1.12. The van der Waals surface area contributed by atoms with Crippen molar-refractivity contribution in [3.63, 3.8) is 0 Å². The quantitative estimate of drug-likeness (QED) is 0.741. The van der Waals surface area contributed by atoms with Gasteiger partial charge in [0, 0.05) is 17.8 Å². The van der Waals surface area contributed by atoms with Crippen LogP contribution in [0.3, 0.4) is 0 Å². The van der Waals surface area contributed by atoms with Crippen molar-refractivity contribution < 1.29 is 0 Å². The number of nitrogens with one attached hydrogen (secondary N) is 1. The second kappa shape index (κ2) is 4.82. The van der Waals surface area contributed by atoms with Crippen molar-refractivity contribution in [2.24, 2.45) is 0 Å². The maximum atomic E-state index is 4.91. The van der Waals surface area contributed by atoms with E-state index in [1.807, 2.05) is 4.52 Å². The number of rotatable bonds is 1. The van der Waals surface area contributed by atoms with E-state index in [-0.39, 0.29) is 0 Å². The summed E-state index contributed by atoms with van der Waals surface area (Å²) in [6, 6.07) is 4.48. The lowest BCUT2D eigenvalue weighted by Crippen LogP contribution is -2.02. The average molecular weight is 306 g/mol. The Morgan fingerprint density at radius 1 is 0.957 bits per heavy atom. The predicted octanol–water partition coefficient (Wildman–Crippen LogP) is 3.91. The van der Waals surface area contributed by atoms with Crippen molar-refractivity contribution in [1.29, 1.82) is 0 Å². The third-order valence-corrected chi connectivity index (χ3v) is 4.84. The molecule has 4 heteroatoms. The minimum Gasteiger partial charge on any atom is -0.369 e. The smallest absolute Gasteiger partial charge is 0.165 e. The van der Waals surface area contributed by atoms with Crippen molar-refractivity contribution >= 4 is 11.5 Å². The molecule has 0 atom stereocenters. The van der Waals surface area contributed by atoms with E-state index in [4.69, 9.17) is 10.1 Å². The van der Waals surface area contributed by atoms with Gasteiger partial charge in [0.2, 0.25) is 0 Å². The number of fused-ring (bicyclic) bond motifs is 3. The molecule has 118 valence electrons. The van der Waals surface area contributed by atoms with Crippen LogP contribution in [-0.4, -0.2) is 21.1 Å². The van der Waals surface area contributed by atoms with Crippen LogP contribution in [0.4, 0.5) is 5.82 Å². The fourth-order valence-corrected chi connectivity index (χ4v) is 3.95. The SMILES string of the molecule is Cc1cc(C)c(-c2c(C)nn3c4c(c(C)nc23)CCN4)c(C)c1. The molecule has 23 heavy (non-hydrogen) atoms. The van der Waals surface area contributed by atoms with Crippen LogP contribution in [0.5, 0.6) is 0 Å². The van der Waals surface area contributed by atoms with Gasteiger partial charge >= 0.3 is 0 Å². The molecule has 0 saturated carbocycles. The maximum Gasteiger partial charge on any atom is 0.165 e. The van der Waals surface area contributed by atoms with Gasteiger partial charge < -0.3 is 5.32 Å². The summed E-state index contributed by atoms with van der Waals surface area (Å²) in [6.45, 7) is 11.7. The molecule has 0 bridgehead atoms. The zero-order valence-electron chi connectivity index (χ0n) is 14.4. The Morgan fingerprint density at radius 3 is 2.35 bits per heavy atom. The number of hydrogen-bond acceptors (Lipinski definition) is 3. The standard InChI is InChI=1S/C19H22N4/c1-10-8-11(2)16(12(3)9-10)17-14(5)22-23-18-15(6-7-20-18)13(4)21-19(17)23/h8-9,20H,6-7H2,1-5H3. The van der Waals surface area contributed by atoms with Crippen LogP contribution in [0.25, 0.3) is 16.8 Å². The first-order valence-electron chi connectivity index (χ1n) is 8.18. The highest BCUT2D eigenvalue weighted by molar-refractivity contribution is 5.85. The molecular formula is C19H22N4. The highest BCUT2D eigenvalue weighted by atomic mass is 15.3. The first-order chi connectivity index (χ1) is 11.0. The second-order valence-electron chi connectivity index (χ2n) is 6.67. The van der Waals surface area contributed by atoms with Gasteiger partial charge in [-0.05, 0) is 57.7 Å². The first kappa shape index (κ1) is 14.2. The lowest BCUT2D eigenvalue weighted by molar-refractivity contribution is 0.913. The van der Waals surface area contributed by atoms with Crippen LogP contribution >= 0.6 is 0 Å². The van der Waals surface area contributed by atoms with Crippen molar-refractivity contribution in [2.75, 3.05) is 11.9 Å². The molecule has 1 aliphatic rings. The molecule has 0 aliphatic carbocycles. The van der Waals surface area contributed by atoms with Crippen LogP contribution in [0.2, 0.25) is 0 Å². The van der Waals surface area contributed by atoms with E-state index < -0.39 is 0 Å². The van der Waals surface area contributed by atoms with Crippen LogP contribution in [0, 0.1) is 34.6 Å². The zero-order chi connectivity index (χ0) is 16.3. The van der Waals surface area contributed by atoms with E-state index in [0.717, 1.165) is 35.8 Å². The normalized spacial score (nSPS) is 13.4. The van der Waals surface area contributed by atoms with Gasteiger partial charge in [-0.1, -0.05) is 17.7 Å². The average Bonchev–Trinajstić information content (AvgIpc) is 3.05. The van der Waals surface area contributed by atoms with Crippen molar-refractivity contribution in [3.05, 3.63) is 45.8 Å². The largest absolute Gasteiger partial charge is 0.369 e.